The topological polar surface area (TPSA) is 50.2 Å². The molecule has 1 aromatic carbocycles. The number of fused-ring (bicyclic) bond motifs is 1. The van der Waals surface area contributed by atoms with Crippen molar-refractivity contribution in [3.8, 4) is 0 Å². The Kier molecular flexibility index (Phi) is 3.06. The Balaban J connectivity index is 2.72. The van der Waals surface area contributed by atoms with Crippen LogP contribution in [0, 0.1) is 11.6 Å². The predicted molar refractivity (Wildman–Crippen MR) is 60.7 cm³/mol. The van der Waals surface area contributed by atoms with E-state index in [9.17, 15) is 13.6 Å². The lowest BCUT2D eigenvalue weighted by atomic mass is 10.1. The molecule has 0 radical (unpaired) electrons. The molecule has 0 bridgehead atoms. The van der Waals surface area contributed by atoms with Crippen molar-refractivity contribution in [2.45, 2.75) is 6.42 Å². The molecular formula is C11H6BrF2NO2. The average molecular weight is 302 g/mol. The van der Waals surface area contributed by atoms with Gasteiger partial charge in [0.05, 0.1) is 17.5 Å². The third-order valence-electron chi connectivity index (χ3n) is 2.20. The van der Waals surface area contributed by atoms with E-state index in [-0.39, 0.29) is 27.5 Å². The SMILES string of the molecule is O=C(O)Cc1cc(Br)c2c(F)ccc(F)c2n1. The summed E-state index contributed by atoms with van der Waals surface area (Å²) >= 11 is 3.08. The zero-order valence-electron chi connectivity index (χ0n) is 8.38. The highest BCUT2D eigenvalue weighted by Gasteiger charge is 2.13. The van der Waals surface area contributed by atoms with Gasteiger partial charge in [-0.2, -0.15) is 0 Å². The average Bonchev–Trinajstić information content (AvgIpc) is 2.22. The van der Waals surface area contributed by atoms with Crippen molar-refractivity contribution in [1.82, 2.24) is 4.98 Å². The number of aromatic nitrogens is 1. The van der Waals surface area contributed by atoms with Crippen LogP contribution in [-0.4, -0.2) is 16.1 Å². The number of aliphatic carboxylic acids is 1. The third kappa shape index (κ3) is 2.26. The summed E-state index contributed by atoms with van der Waals surface area (Å²) in [6.45, 7) is 0. The molecule has 17 heavy (non-hydrogen) atoms. The van der Waals surface area contributed by atoms with Crippen molar-refractivity contribution in [3.05, 3.63) is 40.0 Å². The molecule has 0 amide bonds. The number of hydrogen-bond acceptors (Lipinski definition) is 2. The maximum Gasteiger partial charge on any atom is 0.309 e. The second-order valence-electron chi connectivity index (χ2n) is 3.42. The second-order valence-corrected chi connectivity index (χ2v) is 4.27. The van der Waals surface area contributed by atoms with Crippen molar-refractivity contribution in [2.24, 2.45) is 0 Å². The molecule has 6 heteroatoms. The van der Waals surface area contributed by atoms with Crippen molar-refractivity contribution in [1.29, 1.82) is 0 Å². The summed E-state index contributed by atoms with van der Waals surface area (Å²) in [6, 6.07) is 3.33. The highest BCUT2D eigenvalue weighted by atomic mass is 79.9. The number of hydrogen-bond donors (Lipinski definition) is 1. The number of carbonyl (C=O) groups is 1. The maximum atomic E-state index is 13.5. The van der Waals surface area contributed by atoms with Crippen LogP contribution in [0.2, 0.25) is 0 Å². The number of carboxylic acid groups (broad SMARTS) is 1. The van der Waals surface area contributed by atoms with E-state index >= 15 is 0 Å². The van der Waals surface area contributed by atoms with Crippen LogP contribution in [-0.2, 0) is 11.2 Å². The Labute approximate surface area is 103 Å². The molecule has 0 aliphatic rings. The number of benzene rings is 1. The quantitative estimate of drug-likeness (QED) is 0.928. The zero-order chi connectivity index (χ0) is 12.6. The van der Waals surface area contributed by atoms with Crippen molar-refractivity contribution in [2.75, 3.05) is 0 Å². The molecule has 2 rings (SSSR count). The normalized spacial score (nSPS) is 10.8. The molecule has 1 aromatic heterocycles. The minimum absolute atomic E-state index is 0.0131. The van der Waals surface area contributed by atoms with Gasteiger partial charge in [0.15, 0.2) is 0 Å². The van der Waals surface area contributed by atoms with Crippen LogP contribution >= 0.6 is 15.9 Å². The van der Waals surface area contributed by atoms with Crippen LogP contribution in [0.4, 0.5) is 8.78 Å². The third-order valence-corrected chi connectivity index (χ3v) is 2.82. The summed E-state index contributed by atoms with van der Waals surface area (Å²) < 4.78 is 27.2. The van der Waals surface area contributed by atoms with E-state index in [4.69, 9.17) is 5.11 Å². The van der Waals surface area contributed by atoms with Gasteiger partial charge in [-0.1, -0.05) is 0 Å². The zero-order valence-corrected chi connectivity index (χ0v) is 9.96. The van der Waals surface area contributed by atoms with E-state index < -0.39 is 17.6 Å². The predicted octanol–water partition coefficient (Wildman–Crippen LogP) is 2.90. The molecule has 0 atom stereocenters. The van der Waals surface area contributed by atoms with Gasteiger partial charge in [-0.05, 0) is 34.1 Å². The largest absolute Gasteiger partial charge is 0.481 e. The van der Waals surface area contributed by atoms with Crippen LogP contribution in [0.15, 0.2) is 22.7 Å². The second kappa shape index (κ2) is 4.37. The highest BCUT2D eigenvalue weighted by Crippen LogP contribution is 2.28. The van der Waals surface area contributed by atoms with Crippen molar-refractivity contribution in [3.63, 3.8) is 0 Å². The van der Waals surface area contributed by atoms with Crippen molar-refractivity contribution >= 4 is 32.8 Å². The molecule has 88 valence electrons. The van der Waals surface area contributed by atoms with Crippen LogP contribution in [0.25, 0.3) is 10.9 Å². The molecule has 0 saturated carbocycles. The molecule has 1 heterocycles. The lowest BCUT2D eigenvalue weighted by Gasteiger charge is -2.05. The fourth-order valence-electron chi connectivity index (χ4n) is 1.52. The Bertz CT molecular complexity index is 616. The van der Waals surface area contributed by atoms with Crippen LogP contribution in [0.1, 0.15) is 5.69 Å². The van der Waals surface area contributed by atoms with Gasteiger partial charge in [0, 0.05) is 4.47 Å². The van der Waals surface area contributed by atoms with Gasteiger partial charge in [-0.3, -0.25) is 4.79 Å². The number of rotatable bonds is 2. The molecule has 3 nitrogen and oxygen atoms in total. The Morgan fingerprint density at radius 3 is 2.65 bits per heavy atom. The van der Waals surface area contributed by atoms with Crippen molar-refractivity contribution < 1.29 is 18.7 Å². The van der Waals surface area contributed by atoms with Gasteiger partial charge in [-0.25, -0.2) is 13.8 Å². The lowest BCUT2D eigenvalue weighted by molar-refractivity contribution is -0.136. The van der Waals surface area contributed by atoms with Crippen LogP contribution in [0.5, 0.6) is 0 Å². The first-order valence-electron chi connectivity index (χ1n) is 4.64. The molecule has 0 saturated heterocycles. The van der Waals surface area contributed by atoms with E-state index in [1.165, 1.54) is 6.07 Å². The van der Waals surface area contributed by atoms with Crippen LogP contribution in [0.3, 0.4) is 0 Å². The van der Waals surface area contributed by atoms with Gasteiger partial charge in [0.1, 0.15) is 17.2 Å². The molecule has 2 aromatic rings. The summed E-state index contributed by atoms with van der Waals surface area (Å²) in [5.41, 5.74) is -0.00278. The summed E-state index contributed by atoms with van der Waals surface area (Å²) in [4.78, 5) is 14.4. The molecule has 0 aliphatic heterocycles. The number of nitrogens with zero attached hydrogens (tertiary/aromatic N) is 1. The number of carboxylic acids is 1. The van der Waals surface area contributed by atoms with Gasteiger partial charge in [0.2, 0.25) is 0 Å². The number of pyridine rings is 1. The molecular weight excluding hydrogens is 296 g/mol. The fraction of sp³-hybridized carbons (Fsp3) is 0.0909. The Morgan fingerprint density at radius 2 is 2.00 bits per heavy atom. The Hall–Kier alpha value is -1.56. The molecule has 0 unspecified atom stereocenters. The smallest absolute Gasteiger partial charge is 0.309 e. The van der Waals surface area contributed by atoms with Crippen LogP contribution < -0.4 is 0 Å². The maximum absolute atomic E-state index is 13.5. The highest BCUT2D eigenvalue weighted by molar-refractivity contribution is 9.10. The minimum atomic E-state index is -1.08. The molecule has 0 fully saturated rings. The summed E-state index contributed by atoms with van der Waals surface area (Å²) in [5.74, 6) is -2.38. The lowest BCUT2D eigenvalue weighted by Crippen LogP contribution is -2.03. The molecule has 0 spiro atoms. The van der Waals surface area contributed by atoms with Gasteiger partial charge >= 0.3 is 5.97 Å². The minimum Gasteiger partial charge on any atom is -0.481 e. The summed E-state index contributed by atoms with van der Waals surface area (Å²) in [5, 5.41) is 8.64. The van der Waals surface area contributed by atoms with E-state index in [0.29, 0.717) is 0 Å². The summed E-state index contributed by atoms with van der Waals surface area (Å²) in [6.07, 6.45) is -0.343. The first-order valence-corrected chi connectivity index (χ1v) is 5.43. The monoisotopic (exact) mass is 301 g/mol. The standard InChI is InChI=1S/C11H6BrF2NO2/c12-6-3-5(4-9(16)17)15-11-8(14)2-1-7(13)10(6)11/h1-3H,4H2,(H,16,17). The van der Waals surface area contributed by atoms with E-state index in [0.717, 1.165) is 12.1 Å². The van der Waals surface area contributed by atoms with Gasteiger partial charge < -0.3 is 5.11 Å². The Morgan fingerprint density at radius 1 is 1.35 bits per heavy atom. The molecule has 0 aliphatic carbocycles. The van der Waals surface area contributed by atoms with Gasteiger partial charge in [0.25, 0.3) is 0 Å². The van der Waals surface area contributed by atoms with E-state index in [1.807, 2.05) is 0 Å². The molecule has 1 N–H and O–H groups in total. The van der Waals surface area contributed by atoms with E-state index in [2.05, 4.69) is 20.9 Å². The van der Waals surface area contributed by atoms with E-state index in [1.54, 1.807) is 0 Å². The summed E-state index contributed by atoms with van der Waals surface area (Å²) in [7, 11) is 0. The fourth-order valence-corrected chi connectivity index (χ4v) is 2.16. The first-order chi connectivity index (χ1) is 7.99. The number of halogens is 3. The first kappa shape index (κ1) is 11.9. The van der Waals surface area contributed by atoms with Gasteiger partial charge in [-0.15, -0.1) is 0 Å².